The molecule has 0 saturated heterocycles. The van der Waals surface area contributed by atoms with Gasteiger partial charge >= 0.3 is 0 Å². The van der Waals surface area contributed by atoms with Crippen molar-refractivity contribution in [3.8, 4) is 0 Å². The SMILES string of the molecule is C=C(C)C1(O)C=CC(C)CC1. The van der Waals surface area contributed by atoms with Gasteiger partial charge in [0.25, 0.3) is 0 Å². The molecule has 11 heavy (non-hydrogen) atoms. The first kappa shape index (κ1) is 8.54. The molecule has 1 heteroatoms. The number of aliphatic hydroxyl groups is 1. The first-order chi connectivity index (χ1) is 5.04. The third-order valence-corrected chi connectivity index (χ3v) is 2.42. The van der Waals surface area contributed by atoms with Crippen LogP contribution in [0, 0.1) is 5.92 Å². The van der Waals surface area contributed by atoms with Crippen molar-refractivity contribution < 1.29 is 5.11 Å². The van der Waals surface area contributed by atoms with Crippen molar-refractivity contribution >= 4 is 0 Å². The van der Waals surface area contributed by atoms with E-state index in [4.69, 9.17) is 0 Å². The highest BCUT2D eigenvalue weighted by atomic mass is 16.3. The summed E-state index contributed by atoms with van der Waals surface area (Å²) in [5.41, 5.74) is 0.132. The fourth-order valence-electron chi connectivity index (χ4n) is 1.31. The smallest absolute Gasteiger partial charge is 0.103 e. The van der Waals surface area contributed by atoms with Gasteiger partial charge in [0.2, 0.25) is 0 Å². The van der Waals surface area contributed by atoms with Crippen LogP contribution in [0.3, 0.4) is 0 Å². The lowest BCUT2D eigenvalue weighted by Crippen LogP contribution is -2.30. The van der Waals surface area contributed by atoms with Crippen LogP contribution in [-0.4, -0.2) is 10.7 Å². The second-order valence-corrected chi connectivity index (χ2v) is 3.58. The Balaban J connectivity index is 2.76. The molecule has 2 unspecified atom stereocenters. The predicted molar refractivity (Wildman–Crippen MR) is 47.3 cm³/mol. The topological polar surface area (TPSA) is 20.2 Å². The van der Waals surface area contributed by atoms with Gasteiger partial charge in [0, 0.05) is 0 Å². The zero-order chi connectivity index (χ0) is 8.48. The first-order valence-electron chi connectivity index (χ1n) is 4.12. The minimum Gasteiger partial charge on any atom is -0.381 e. The van der Waals surface area contributed by atoms with Crippen LogP contribution in [-0.2, 0) is 0 Å². The molecule has 2 atom stereocenters. The van der Waals surface area contributed by atoms with E-state index >= 15 is 0 Å². The number of allylic oxidation sites excluding steroid dienone is 1. The molecule has 1 rings (SSSR count). The van der Waals surface area contributed by atoms with Gasteiger partial charge in [0.15, 0.2) is 0 Å². The maximum atomic E-state index is 9.88. The van der Waals surface area contributed by atoms with E-state index in [9.17, 15) is 5.11 Å². The van der Waals surface area contributed by atoms with Crippen molar-refractivity contribution in [3.63, 3.8) is 0 Å². The van der Waals surface area contributed by atoms with Gasteiger partial charge in [-0.1, -0.05) is 25.7 Å². The summed E-state index contributed by atoms with van der Waals surface area (Å²) in [6.45, 7) is 7.81. The number of hydrogen-bond donors (Lipinski definition) is 1. The molecular formula is C10H16O. The van der Waals surface area contributed by atoms with Crippen molar-refractivity contribution in [1.82, 2.24) is 0 Å². The lowest BCUT2D eigenvalue weighted by Gasteiger charge is -2.30. The maximum Gasteiger partial charge on any atom is 0.103 e. The molecule has 0 aromatic carbocycles. The molecule has 62 valence electrons. The molecule has 0 bridgehead atoms. The van der Waals surface area contributed by atoms with Gasteiger partial charge < -0.3 is 5.11 Å². The molecule has 0 aliphatic heterocycles. The van der Waals surface area contributed by atoms with Gasteiger partial charge in [-0.2, -0.15) is 0 Å². The molecule has 0 spiro atoms. The van der Waals surface area contributed by atoms with E-state index in [1.165, 1.54) is 0 Å². The van der Waals surface area contributed by atoms with E-state index in [1.54, 1.807) is 0 Å². The minimum atomic E-state index is -0.716. The molecule has 1 aliphatic carbocycles. The van der Waals surface area contributed by atoms with Crippen LogP contribution in [0.1, 0.15) is 26.7 Å². The highest BCUT2D eigenvalue weighted by molar-refractivity contribution is 5.22. The standard InChI is InChI=1S/C10H16O/c1-8(2)10(11)6-4-9(3)5-7-10/h4,6,9,11H,1,5,7H2,2-3H3. The summed E-state index contributed by atoms with van der Waals surface area (Å²) in [7, 11) is 0. The molecule has 0 aromatic rings. The van der Waals surface area contributed by atoms with E-state index in [1.807, 2.05) is 13.0 Å². The fraction of sp³-hybridized carbons (Fsp3) is 0.600. The van der Waals surface area contributed by atoms with E-state index in [0.29, 0.717) is 5.92 Å². The van der Waals surface area contributed by atoms with Gasteiger partial charge in [0.05, 0.1) is 0 Å². The lowest BCUT2D eigenvalue weighted by molar-refractivity contribution is 0.107. The quantitative estimate of drug-likeness (QED) is 0.571. The highest BCUT2D eigenvalue weighted by Crippen LogP contribution is 2.30. The molecule has 0 heterocycles. The molecule has 1 nitrogen and oxygen atoms in total. The summed E-state index contributed by atoms with van der Waals surface area (Å²) in [5, 5.41) is 9.88. The van der Waals surface area contributed by atoms with Gasteiger partial charge in [-0.3, -0.25) is 0 Å². The van der Waals surface area contributed by atoms with Crippen LogP contribution in [0.25, 0.3) is 0 Å². The normalized spacial score (nSPS) is 37.2. The Hall–Kier alpha value is -0.560. The zero-order valence-corrected chi connectivity index (χ0v) is 7.30. The highest BCUT2D eigenvalue weighted by Gasteiger charge is 2.27. The third-order valence-electron chi connectivity index (χ3n) is 2.42. The largest absolute Gasteiger partial charge is 0.381 e. The van der Waals surface area contributed by atoms with Crippen molar-refractivity contribution in [2.75, 3.05) is 0 Å². The molecule has 0 saturated carbocycles. The summed E-state index contributed by atoms with van der Waals surface area (Å²) < 4.78 is 0. The summed E-state index contributed by atoms with van der Waals surface area (Å²) in [4.78, 5) is 0. The Morgan fingerprint density at radius 2 is 2.36 bits per heavy atom. The Morgan fingerprint density at radius 3 is 2.73 bits per heavy atom. The first-order valence-corrected chi connectivity index (χ1v) is 4.12. The number of rotatable bonds is 1. The van der Waals surface area contributed by atoms with Crippen molar-refractivity contribution in [2.24, 2.45) is 5.92 Å². The third kappa shape index (κ3) is 1.72. The monoisotopic (exact) mass is 152 g/mol. The molecule has 0 fully saturated rings. The molecule has 0 radical (unpaired) electrons. The second-order valence-electron chi connectivity index (χ2n) is 3.58. The van der Waals surface area contributed by atoms with Crippen molar-refractivity contribution in [3.05, 3.63) is 24.3 Å². The summed E-state index contributed by atoms with van der Waals surface area (Å²) in [6.07, 6.45) is 5.82. The van der Waals surface area contributed by atoms with E-state index in [2.05, 4.69) is 19.6 Å². The van der Waals surface area contributed by atoms with Crippen LogP contribution in [0.15, 0.2) is 24.3 Å². The molecule has 1 aliphatic rings. The Kier molecular flexibility index (Phi) is 2.19. The Morgan fingerprint density at radius 1 is 1.73 bits per heavy atom. The number of hydrogen-bond acceptors (Lipinski definition) is 1. The van der Waals surface area contributed by atoms with Gasteiger partial charge in [-0.05, 0) is 31.3 Å². The molecular weight excluding hydrogens is 136 g/mol. The predicted octanol–water partition coefficient (Wildman–Crippen LogP) is 2.28. The Labute approximate surface area is 68.4 Å². The van der Waals surface area contributed by atoms with E-state index < -0.39 is 5.60 Å². The summed E-state index contributed by atoms with van der Waals surface area (Å²) in [6, 6.07) is 0. The van der Waals surface area contributed by atoms with Crippen LogP contribution in [0.4, 0.5) is 0 Å². The summed E-state index contributed by atoms with van der Waals surface area (Å²) in [5.74, 6) is 0.606. The average Bonchev–Trinajstić information content (AvgIpc) is 1.95. The van der Waals surface area contributed by atoms with Crippen LogP contribution in [0.5, 0.6) is 0 Å². The van der Waals surface area contributed by atoms with Gasteiger partial charge in [0.1, 0.15) is 5.60 Å². The van der Waals surface area contributed by atoms with Crippen LogP contribution >= 0.6 is 0 Å². The van der Waals surface area contributed by atoms with Gasteiger partial charge in [-0.25, -0.2) is 0 Å². The lowest BCUT2D eigenvalue weighted by atomic mass is 9.82. The Bertz CT molecular complexity index is 193. The molecule has 1 N–H and O–H groups in total. The minimum absolute atomic E-state index is 0.606. The maximum absolute atomic E-state index is 9.88. The summed E-state index contributed by atoms with van der Waals surface area (Å²) >= 11 is 0. The molecule has 0 amide bonds. The fourth-order valence-corrected chi connectivity index (χ4v) is 1.31. The average molecular weight is 152 g/mol. The van der Waals surface area contributed by atoms with Crippen LogP contribution < -0.4 is 0 Å². The van der Waals surface area contributed by atoms with Gasteiger partial charge in [-0.15, -0.1) is 0 Å². The van der Waals surface area contributed by atoms with Crippen molar-refractivity contribution in [2.45, 2.75) is 32.3 Å². The molecule has 0 aromatic heterocycles. The second kappa shape index (κ2) is 2.82. The van der Waals surface area contributed by atoms with E-state index in [0.717, 1.165) is 18.4 Å². The van der Waals surface area contributed by atoms with Crippen LogP contribution in [0.2, 0.25) is 0 Å². The van der Waals surface area contributed by atoms with Crippen molar-refractivity contribution in [1.29, 1.82) is 0 Å². The van der Waals surface area contributed by atoms with E-state index in [-0.39, 0.29) is 0 Å². The zero-order valence-electron chi connectivity index (χ0n) is 7.30.